The minimum atomic E-state index is -0.293. The first-order valence-electron chi connectivity index (χ1n) is 9.11. The van der Waals surface area contributed by atoms with Crippen LogP contribution in [0.3, 0.4) is 0 Å². The van der Waals surface area contributed by atoms with Crippen molar-refractivity contribution in [3.8, 4) is 0 Å². The highest BCUT2D eigenvalue weighted by molar-refractivity contribution is 5.68. The molecule has 1 aromatic heterocycles. The van der Waals surface area contributed by atoms with Gasteiger partial charge in [0.15, 0.2) is 6.73 Å². The second-order valence-electron chi connectivity index (χ2n) is 7.05. The van der Waals surface area contributed by atoms with Crippen molar-refractivity contribution in [2.75, 3.05) is 33.4 Å². The molecule has 0 aliphatic carbocycles. The van der Waals surface area contributed by atoms with E-state index in [1.54, 1.807) is 9.47 Å². The lowest BCUT2D eigenvalue weighted by molar-refractivity contribution is 0.0698. The van der Waals surface area contributed by atoms with Crippen LogP contribution in [0.5, 0.6) is 0 Å². The summed E-state index contributed by atoms with van der Waals surface area (Å²) in [6, 6.07) is 10.5. The van der Waals surface area contributed by atoms with Crippen LogP contribution in [0.4, 0.5) is 4.79 Å². The van der Waals surface area contributed by atoms with Crippen LogP contribution >= 0.6 is 0 Å². The van der Waals surface area contributed by atoms with Crippen molar-refractivity contribution in [2.24, 2.45) is 0 Å². The first-order valence-corrected chi connectivity index (χ1v) is 9.11. The van der Waals surface area contributed by atoms with E-state index in [4.69, 9.17) is 4.74 Å². The van der Waals surface area contributed by atoms with E-state index < -0.39 is 0 Å². The van der Waals surface area contributed by atoms with Crippen molar-refractivity contribution >= 4 is 6.09 Å². The Hall–Kier alpha value is -2.87. The molecule has 0 N–H and O–H groups in total. The number of hydrogen-bond acceptors (Lipinski definition) is 6. The first kappa shape index (κ1) is 17.5. The predicted octanol–water partition coefficient (Wildman–Crippen LogP) is 1.74. The van der Waals surface area contributed by atoms with Gasteiger partial charge in [-0.2, -0.15) is 0 Å². The fourth-order valence-electron chi connectivity index (χ4n) is 3.74. The Morgan fingerprint density at radius 1 is 1.15 bits per heavy atom. The fourth-order valence-corrected chi connectivity index (χ4v) is 3.74. The van der Waals surface area contributed by atoms with Crippen LogP contribution in [-0.4, -0.2) is 68.9 Å². The predicted molar refractivity (Wildman–Crippen MR) is 99.2 cm³/mol. The molecule has 8 heteroatoms. The Bertz CT molecular complexity index is 805. The summed E-state index contributed by atoms with van der Waals surface area (Å²) in [7, 11) is 2.13. The van der Waals surface area contributed by atoms with Gasteiger partial charge in [0.25, 0.3) is 0 Å². The number of nitrogens with zero attached hydrogens (tertiary/aromatic N) is 6. The molecule has 1 aromatic carbocycles. The van der Waals surface area contributed by atoms with Gasteiger partial charge in [-0.05, 0) is 11.1 Å². The van der Waals surface area contributed by atoms with Gasteiger partial charge in [-0.15, -0.1) is 10.2 Å². The SMILES string of the molecule is CN1CN(Cc2ccccc2)CC2=C1CCN(C(=O)OCn1cnnc1)C2. The molecule has 27 heavy (non-hydrogen) atoms. The molecule has 0 atom stereocenters. The third-order valence-electron chi connectivity index (χ3n) is 5.01. The zero-order valence-corrected chi connectivity index (χ0v) is 15.5. The van der Waals surface area contributed by atoms with Gasteiger partial charge in [0, 0.05) is 45.3 Å². The van der Waals surface area contributed by atoms with E-state index in [1.807, 2.05) is 6.07 Å². The van der Waals surface area contributed by atoms with Crippen LogP contribution < -0.4 is 0 Å². The van der Waals surface area contributed by atoms with Crippen LogP contribution in [0.1, 0.15) is 12.0 Å². The van der Waals surface area contributed by atoms with Crippen molar-refractivity contribution in [3.05, 3.63) is 59.8 Å². The maximum Gasteiger partial charge on any atom is 0.411 e. The molecule has 2 aromatic rings. The molecule has 4 rings (SSSR count). The summed E-state index contributed by atoms with van der Waals surface area (Å²) in [5, 5.41) is 7.41. The maximum atomic E-state index is 12.4. The molecule has 0 fully saturated rings. The number of rotatable bonds is 4. The summed E-state index contributed by atoms with van der Waals surface area (Å²) in [5.41, 5.74) is 3.96. The Labute approximate surface area is 158 Å². The molecule has 1 amide bonds. The maximum absolute atomic E-state index is 12.4. The molecule has 142 valence electrons. The smallest absolute Gasteiger partial charge is 0.411 e. The minimum Gasteiger partial charge on any atom is -0.428 e. The molecule has 0 unspecified atom stereocenters. The lowest BCUT2D eigenvalue weighted by Gasteiger charge is -2.42. The number of amides is 1. The molecular formula is C19H24N6O2. The van der Waals surface area contributed by atoms with Crippen molar-refractivity contribution in [1.82, 2.24) is 29.5 Å². The molecule has 3 heterocycles. The number of carbonyl (C=O) groups is 1. The number of benzene rings is 1. The lowest BCUT2D eigenvalue weighted by Crippen LogP contribution is -2.48. The number of ether oxygens (including phenoxy) is 1. The van der Waals surface area contributed by atoms with Crippen LogP contribution in [0, 0.1) is 0 Å². The molecule has 2 aliphatic rings. The number of carbonyl (C=O) groups excluding carboxylic acids is 1. The van der Waals surface area contributed by atoms with E-state index in [1.165, 1.54) is 29.5 Å². The molecule has 0 radical (unpaired) electrons. The van der Waals surface area contributed by atoms with E-state index in [9.17, 15) is 4.79 Å². The van der Waals surface area contributed by atoms with Crippen molar-refractivity contribution < 1.29 is 9.53 Å². The zero-order valence-electron chi connectivity index (χ0n) is 15.5. The third kappa shape index (κ3) is 4.11. The largest absolute Gasteiger partial charge is 0.428 e. The third-order valence-corrected chi connectivity index (χ3v) is 5.01. The monoisotopic (exact) mass is 368 g/mol. The molecule has 0 saturated heterocycles. The minimum absolute atomic E-state index is 0.133. The molecule has 2 aliphatic heterocycles. The van der Waals surface area contributed by atoms with Gasteiger partial charge in [0.1, 0.15) is 12.7 Å². The van der Waals surface area contributed by atoms with Gasteiger partial charge >= 0.3 is 6.09 Å². The standard InChI is InChI=1S/C19H24N6O2/c1-22-14-23(9-16-5-3-2-4-6-16)10-17-11-25(8-7-18(17)22)19(26)27-15-24-12-20-21-13-24/h2-6,12-13H,7-11,14-15H2,1H3. The summed E-state index contributed by atoms with van der Waals surface area (Å²) in [6.07, 6.45) is 3.63. The fraction of sp³-hybridized carbons (Fsp3) is 0.421. The van der Waals surface area contributed by atoms with Crippen molar-refractivity contribution in [1.29, 1.82) is 0 Å². The van der Waals surface area contributed by atoms with E-state index >= 15 is 0 Å². The second-order valence-corrected chi connectivity index (χ2v) is 7.05. The Balaban J connectivity index is 1.37. The van der Waals surface area contributed by atoms with Gasteiger partial charge < -0.3 is 14.5 Å². The van der Waals surface area contributed by atoms with E-state index in [-0.39, 0.29) is 12.8 Å². The highest BCUT2D eigenvalue weighted by Crippen LogP contribution is 2.26. The molecule has 0 bridgehead atoms. The molecular weight excluding hydrogens is 344 g/mol. The van der Waals surface area contributed by atoms with Gasteiger partial charge in [-0.25, -0.2) is 4.79 Å². The van der Waals surface area contributed by atoms with Crippen LogP contribution in [0.25, 0.3) is 0 Å². The Morgan fingerprint density at radius 3 is 2.70 bits per heavy atom. The number of hydrogen-bond donors (Lipinski definition) is 0. The quantitative estimate of drug-likeness (QED) is 0.819. The topological polar surface area (TPSA) is 66.7 Å². The van der Waals surface area contributed by atoms with E-state index in [2.05, 4.69) is 51.3 Å². The summed E-state index contributed by atoms with van der Waals surface area (Å²) in [6.45, 7) is 4.12. The average molecular weight is 368 g/mol. The number of aromatic nitrogens is 3. The van der Waals surface area contributed by atoms with Crippen LogP contribution in [-0.2, 0) is 18.0 Å². The van der Waals surface area contributed by atoms with E-state index in [0.717, 1.165) is 26.2 Å². The Kier molecular flexibility index (Phi) is 5.06. The molecule has 0 saturated carbocycles. The van der Waals surface area contributed by atoms with E-state index in [0.29, 0.717) is 13.1 Å². The lowest BCUT2D eigenvalue weighted by atomic mass is 10.0. The Morgan fingerprint density at radius 2 is 1.93 bits per heavy atom. The first-order chi connectivity index (χ1) is 13.2. The van der Waals surface area contributed by atoms with Gasteiger partial charge in [-0.3, -0.25) is 9.47 Å². The normalized spacial score (nSPS) is 17.8. The van der Waals surface area contributed by atoms with Crippen molar-refractivity contribution in [2.45, 2.75) is 19.7 Å². The van der Waals surface area contributed by atoms with Gasteiger partial charge in [0.05, 0.1) is 6.67 Å². The molecule has 8 nitrogen and oxygen atoms in total. The van der Waals surface area contributed by atoms with Gasteiger partial charge in [0.2, 0.25) is 0 Å². The summed E-state index contributed by atoms with van der Waals surface area (Å²) in [4.78, 5) is 18.9. The second kappa shape index (κ2) is 7.79. The summed E-state index contributed by atoms with van der Waals surface area (Å²) >= 11 is 0. The van der Waals surface area contributed by atoms with Crippen LogP contribution in [0.2, 0.25) is 0 Å². The summed E-state index contributed by atoms with van der Waals surface area (Å²) in [5.74, 6) is 0. The van der Waals surface area contributed by atoms with Crippen molar-refractivity contribution in [3.63, 3.8) is 0 Å². The van der Waals surface area contributed by atoms with Gasteiger partial charge in [-0.1, -0.05) is 30.3 Å². The highest BCUT2D eigenvalue weighted by Gasteiger charge is 2.30. The highest BCUT2D eigenvalue weighted by atomic mass is 16.6. The zero-order chi connectivity index (χ0) is 18.6. The molecule has 0 spiro atoms. The average Bonchev–Trinajstić information content (AvgIpc) is 3.20. The summed E-state index contributed by atoms with van der Waals surface area (Å²) < 4.78 is 7.00. The van der Waals surface area contributed by atoms with Crippen LogP contribution in [0.15, 0.2) is 54.3 Å².